The average molecular weight is 381 g/mol. The number of ether oxygens (including phenoxy) is 1. The van der Waals surface area contributed by atoms with Gasteiger partial charge in [0.25, 0.3) is 0 Å². The van der Waals surface area contributed by atoms with Gasteiger partial charge in [0.2, 0.25) is 0 Å². The van der Waals surface area contributed by atoms with Gasteiger partial charge >= 0.3 is 12.4 Å². The monoisotopic (exact) mass is 381 g/mol. The van der Waals surface area contributed by atoms with Gasteiger partial charge in [-0.3, -0.25) is 4.90 Å². The lowest BCUT2D eigenvalue weighted by Gasteiger charge is -2.30. The van der Waals surface area contributed by atoms with Crippen molar-refractivity contribution in [1.82, 2.24) is 4.90 Å². The number of nitrogens with zero attached hydrogens (tertiary/aromatic N) is 1. The van der Waals surface area contributed by atoms with Crippen LogP contribution < -0.4 is 0 Å². The quantitative estimate of drug-likeness (QED) is 0.675. The minimum absolute atomic E-state index is 0.107. The molecule has 2 fully saturated rings. The molecule has 26 heavy (non-hydrogen) atoms. The third kappa shape index (κ3) is 4.17. The SMILES string of the molecule is CC1C(OCc2cc(C(F)(F)F)cc(C(F)(F)F)c2)CN2CCCCC12. The molecule has 1 aromatic rings. The summed E-state index contributed by atoms with van der Waals surface area (Å²) >= 11 is 0. The van der Waals surface area contributed by atoms with Gasteiger partial charge in [-0.15, -0.1) is 0 Å². The van der Waals surface area contributed by atoms with Gasteiger partial charge in [0.1, 0.15) is 0 Å². The fourth-order valence-corrected chi connectivity index (χ4v) is 3.99. The summed E-state index contributed by atoms with van der Waals surface area (Å²) in [6.07, 6.45) is -6.54. The van der Waals surface area contributed by atoms with E-state index in [1.165, 1.54) is 0 Å². The molecule has 0 bridgehead atoms. The number of hydrogen-bond acceptors (Lipinski definition) is 2. The Hall–Kier alpha value is -1.28. The van der Waals surface area contributed by atoms with Gasteiger partial charge in [0, 0.05) is 12.6 Å². The Morgan fingerprint density at radius 1 is 1.00 bits per heavy atom. The molecule has 0 spiro atoms. The van der Waals surface area contributed by atoms with Crippen LogP contribution in [0.15, 0.2) is 18.2 Å². The lowest BCUT2D eigenvalue weighted by molar-refractivity contribution is -0.143. The van der Waals surface area contributed by atoms with Gasteiger partial charge in [-0.25, -0.2) is 0 Å². The van der Waals surface area contributed by atoms with Crippen molar-refractivity contribution in [2.45, 2.75) is 57.3 Å². The number of hydrogen-bond donors (Lipinski definition) is 0. The number of alkyl halides is 6. The number of fused-ring (bicyclic) bond motifs is 1. The summed E-state index contributed by atoms with van der Waals surface area (Å²) in [5, 5.41) is 0. The first-order valence-corrected chi connectivity index (χ1v) is 8.70. The Morgan fingerprint density at radius 3 is 2.15 bits per heavy atom. The molecule has 3 atom stereocenters. The lowest BCUT2D eigenvalue weighted by atomic mass is 9.93. The Kier molecular flexibility index (Phi) is 5.27. The van der Waals surface area contributed by atoms with E-state index in [9.17, 15) is 26.3 Å². The van der Waals surface area contributed by atoms with Crippen LogP contribution in [0.3, 0.4) is 0 Å². The normalized spacial score (nSPS) is 27.6. The molecule has 3 rings (SSSR count). The molecule has 0 saturated carbocycles. The van der Waals surface area contributed by atoms with E-state index < -0.39 is 23.5 Å². The molecule has 1 aromatic carbocycles. The topological polar surface area (TPSA) is 12.5 Å². The molecule has 2 aliphatic rings. The molecule has 0 amide bonds. The number of rotatable bonds is 3. The largest absolute Gasteiger partial charge is 0.416 e. The second kappa shape index (κ2) is 7.03. The van der Waals surface area contributed by atoms with Gasteiger partial charge in [0.15, 0.2) is 0 Å². The van der Waals surface area contributed by atoms with Crippen molar-refractivity contribution in [2.75, 3.05) is 13.1 Å². The zero-order valence-corrected chi connectivity index (χ0v) is 14.3. The second-order valence-corrected chi connectivity index (χ2v) is 7.18. The van der Waals surface area contributed by atoms with Crippen molar-refractivity contribution in [3.63, 3.8) is 0 Å². The van der Waals surface area contributed by atoms with Crippen molar-refractivity contribution >= 4 is 0 Å². The molecular weight excluding hydrogens is 360 g/mol. The summed E-state index contributed by atoms with van der Waals surface area (Å²) in [5.74, 6) is 0.211. The summed E-state index contributed by atoms with van der Waals surface area (Å²) in [6.45, 7) is 3.42. The molecule has 0 radical (unpaired) electrons. The summed E-state index contributed by atoms with van der Waals surface area (Å²) in [4.78, 5) is 2.31. The number of piperidine rings is 1. The Balaban J connectivity index is 1.75. The first-order valence-electron chi connectivity index (χ1n) is 8.70. The fourth-order valence-electron chi connectivity index (χ4n) is 3.99. The van der Waals surface area contributed by atoms with Gasteiger partial charge in [-0.2, -0.15) is 26.3 Å². The molecule has 0 N–H and O–H groups in total. The number of benzene rings is 1. The van der Waals surface area contributed by atoms with Crippen LogP contribution in [0.1, 0.15) is 42.9 Å². The van der Waals surface area contributed by atoms with Crippen molar-refractivity contribution in [3.05, 3.63) is 34.9 Å². The van der Waals surface area contributed by atoms with Gasteiger partial charge in [-0.1, -0.05) is 13.3 Å². The summed E-state index contributed by atoms with van der Waals surface area (Å²) in [7, 11) is 0. The van der Waals surface area contributed by atoms with Crippen LogP contribution in [0.25, 0.3) is 0 Å². The Bertz CT molecular complexity index is 609. The standard InChI is InChI=1S/C18H21F6NO/c1-11-15-4-2-3-5-25(15)9-16(11)26-10-12-6-13(17(19,20)21)8-14(7-12)18(22,23)24/h6-8,11,15-16H,2-5,9-10H2,1H3. The van der Waals surface area contributed by atoms with Crippen LogP contribution >= 0.6 is 0 Å². The summed E-state index contributed by atoms with van der Waals surface area (Å²) < 4.78 is 83.3. The third-order valence-electron chi connectivity index (χ3n) is 5.38. The highest BCUT2D eigenvalue weighted by Gasteiger charge is 2.41. The molecule has 2 saturated heterocycles. The van der Waals surface area contributed by atoms with E-state index in [4.69, 9.17) is 4.74 Å². The number of halogens is 6. The maximum Gasteiger partial charge on any atom is 0.416 e. The van der Waals surface area contributed by atoms with Crippen LogP contribution in [0.5, 0.6) is 0 Å². The van der Waals surface area contributed by atoms with Crippen LogP contribution in [-0.2, 0) is 23.7 Å². The van der Waals surface area contributed by atoms with E-state index in [0.717, 1.165) is 37.9 Å². The predicted octanol–water partition coefficient (Wildman–Crippen LogP) is 5.11. The maximum absolute atomic E-state index is 12.9. The Labute approximate surface area is 148 Å². The van der Waals surface area contributed by atoms with Crippen molar-refractivity contribution < 1.29 is 31.1 Å². The highest BCUT2D eigenvalue weighted by atomic mass is 19.4. The van der Waals surface area contributed by atoms with Gasteiger partial charge < -0.3 is 4.74 Å². The molecule has 2 heterocycles. The zero-order valence-electron chi connectivity index (χ0n) is 14.3. The van der Waals surface area contributed by atoms with Crippen LogP contribution in [0.4, 0.5) is 26.3 Å². The molecular formula is C18H21F6NO. The van der Waals surface area contributed by atoms with Crippen LogP contribution in [0.2, 0.25) is 0 Å². The molecule has 2 nitrogen and oxygen atoms in total. The van der Waals surface area contributed by atoms with E-state index >= 15 is 0 Å². The first kappa shape index (κ1) is 19.5. The summed E-state index contributed by atoms with van der Waals surface area (Å²) in [5.41, 5.74) is -2.71. The zero-order chi connectivity index (χ0) is 19.1. The molecule has 0 aliphatic carbocycles. The van der Waals surface area contributed by atoms with Gasteiger partial charge in [0.05, 0.1) is 23.8 Å². The van der Waals surface area contributed by atoms with E-state index in [0.29, 0.717) is 12.6 Å². The van der Waals surface area contributed by atoms with Crippen molar-refractivity contribution in [2.24, 2.45) is 5.92 Å². The summed E-state index contributed by atoms with van der Waals surface area (Å²) in [6, 6.07) is 2.01. The molecule has 2 aliphatic heterocycles. The maximum atomic E-state index is 12.9. The van der Waals surface area contributed by atoms with Crippen molar-refractivity contribution in [1.29, 1.82) is 0 Å². The van der Waals surface area contributed by atoms with Crippen LogP contribution in [-0.4, -0.2) is 30.1 Å². The highest BCUT2D eigenvalue weighted by Crippen LogP contribution is 2.37. The lowest BCUT2D eigenvalue weighted by Crippen LogP contribution is -2.36. The van der Waals surface area contributed by atoms with E-state index in [1.807, 2.05) is 6.92 Å². The molecule has 146 valence electrons. The smallest absolute Gasteiger partial charge is 0.372 e. The highest BCUT2D eigenvalue weighted by molar-refractivity contribution is 5.33. The van der Waals surface area contributed by atoms with Crippen LogP contribution in [0, 0.1) is 5.92 Å². The van der Waals surface area contributed by atoms with Gasteiger partial charge in [-0.05, 0) is 49.1 Å². The first-order chi connectivity index (χ1) is 12.1. The van der Waals surface area contributed by atoms with E-state index in [1.54, 1.807) is 0 Å². The predicted molar refractivity (Wildman–Crippen MR) is 83.4 cm³/mol. The Morgan fingerprint density at radius 2 is 1.62 bits per heavy atom. The van der Waals surface area contributed by atoms with Crippen molar-refractivity contribution in [3.8, 4) is 0 Å². The minimum atomic E-state index is -4.84. The van der Waals surface area contributed by atoms with E-state index in [2.05, 4.69) is 4.90 Å². The molecule has 0 aromatic heterocycles. The molecule has 8 heteroatoms. The molecule has 3 unspecified atom stereocenters. The average Bonchev–Trinajstić information content (AvgIpc) is 2.88. The minimum Gasteiger partial charge on any atom is -0.372 e. The second-order valence-electron chi connectivity index (χ2n) is 7.18. The third-order valence-corrected chi connectivity index (χ3v) is 5.38. The van der Waals surface area contributed by atoms with E-state index in [-0.39, 0.29) is 30.3 Å². The fraction of sp³-hybridized carbons (Fsp3) is 0.667.